The van der Waals surface area contributed by atoms with Crippen LogP contribution in [0.1, 0.15) is 31.2 Å². The first-order valence-corrected chi connectivity index (χ1v) is 11.9. The lowest BCUT2D eigenvalue weighted by molar-refractivity contribution is 0.0642. The quantitative estimate of drug-likeness (QED) is 0.470. The molecule has 180 valence electrons. The number of rotatable bonds is 3. The maximum atomic E-state index is 15.3. The summed E-state index contributed by atoms with van der Waals surface area (Å²) in [5.74, 6) is -0.175. The van der Waals surface area contributed by atoms with Crippen LogP contribution in [0, 0.1) is 30.0 Å². The van der Waals surface area contributed by atoms with Crippen LogP contribution in [0.15, 0.2) is 24.5 Å². The molecule has 0 bridgehead atoms. The molecule has 2 atom stereocenters. The Balaban J connectivity index is 1.45. The molecule has 2 aromatic heterocycles. The maximum absolute atomic E-state index is 15.3. The van der Waals surface area contributed by atoms with Gasteiger partial charge < -0.3 is 14.8 Å². The van der Waals surface area contributed by atoms with Gasteiger partial charge in [-0.05, 0) is 49.3 Å². The third-order valence-corrected chi connectivity index (χ3v) is 6.86. The lowest BCUT2D eigenvalue weighted by atomic mass is 9.87. The number of carbonyl (C=O) groups is 1. The second-order valence-electron chi connectivity index (χ2n) is 8.68. The van der Waals surface area contributed by atoms with Gasteiger partial charge in [-0.2, -0.15) is 5.26 Å². The van der Waals surface area contributed by atoms with Crippen LogP contribution in [0.4, 0.5) is 20.7 Å². The Morgan fingerprint density at radius 2 is 2.11 bits per heavy atom. The van der Waals surface area contributed by atoms with Gasteiger partial charge in [0.25, 0.3) is 0 Å². The zero-order chi connectivity index (χ0) is 24.5. The third kappa shape index (κ3) is 4.42. The van der Waals surface area contributed by atoms with Crippen molar-refractivity contribution in [3.05, 3.63) is 40.9 Å². The highest BCUT2D eigenvalue weighted by molar-refractivity contribution is 6.36. The second-order valence-corrected chi connectivity index (χ2v) is 9.06. The molecular formula is C25H23ClFN5O3. The number of ether oxygens (including phenoxy) is 2. The number of anilines is 2. The fourth-order valence-corrected chi connectivity index (χ4v) is 4.90. The van der Waals surface area contributed by atoms with Gasteiger partial charge in [-0.1, -0.05) is 18.0 Å². The number of nitriles is 1. The summed E-state index contributed by atoms with van der Waals surface area (Å²) < 4.78 is 26.4. The van der Waals surface area contributed by atoms with Crippen molar-refractivity contribution in [1.29, 1.82) is 5.26 Å². The van der Waals surface area contributed by atoms with Gasteiger partial charge in [0.15, 0.2) is 0 Å². The fourth-order valence-electron chi connectivity index (χ4n) is 4.64. The van der Waals surface area contributed by atoms with Gasteiger partial charge >= 0.3 is 6.09 Å². The third-order valence-electron chi connectivity index (χ3n) is 6.49. The molecule has 8 nitrogen and oxygen atoms in total. The Morgan fingerprint density at radius 1 is 1.29 bits per heavy atom. The van der Waals surface area contributed by atoms with Gasteiger partial charge in [-0.3, -0.25) is 5.32 Å². The maximum Gasteiger partial charge on any atom is 0.413 e. The normalized spacial score (nSPS) is 19.1. The number of hydrogen-bond acceptors (Lipinski definition) is 7. The molecule has 35 heavy (non-hydrogen) atoms. The number of fused-ring (bicyclic) bond motifs is 2. The highest BCUT2D eigenvalue weighted by Crippen LogP contribution is 2.40. The number of nitrogens with zero attached hydrogens (tertiary/aromatic N) is 3. The highest BCUT2D eigenvalue weighted by atomic mass is 35.5. The van der Waals surface area contributed by atoms with Crippen molar-refractivity contribution in [3.63, 3.8) is 0 Å². The first kappa shape index (κ1) is 23.1. The minimum Gasteiger partial charge on any atom is -0.474 e. The topological polar surface area (TPSA) is 109 Å². The number of halogens is 2. The first-order valence-electron chi connectivity index (χ1n) is 11.5. The molecule has 1 aliphatic heterocycles. The van der Waals surface area contributed by atoms with E-state index in [2.05, 4.69) is 26.7 Å². The average molecular weight is 496 g/mol. The molecule has 1 aliphatic carbocycles. The molecule has 3 aromatic rings. The van der Waals surface area contributed by atoms with Crippen LogP contribution in [0.25, 0.3) is 21.9 Å². The zero-order valence-corrected chi connectivity index (χ0v) is 19.8. The number of amides is 1. The van der Waals surface area contributed by atoms with Crippen molar-refractivity contribution in [1.82, 2.24) is 9.97 Å². The number of pyridine rings is 2. The smallest absolute Gasteiger partial charge is 0.413 e. The number of aromatic nitrogens is 2. The van der Waals surface area contributed by atoms with E-state index in [1.165, 1.54) is 6.20 Å². The van der Waals surface area contributed by atoms with Crippen LogP contribution in [0.2, 0.25) is 5.02 Å². The highest BCUT2D eigenvalue weighted by Gasteiger charge is 2.28. The Bertz CT molecular complexity index is 1360. The van der Waals surface area contributed by atoms with E-state index >= 15 is 4.39 Å². The largest absolute Gasteiger partial charge is 0.474 e. The number of nitrogens with one attached hydrogen (secondary N) is 2. The van der Waals surface area contributed by atoms with Crippen LogP contribution in [0.3, 0.4) is 0 Å². The Kier molecular flexibility index (Phi) is 6.31. The summed E-state index contributed by atoms with van der Waals surface area (Å²) >= 11 is 6.38. The van der Waals surface area contributed by atoms with E-state index in [0.29, 0.717) is 48.2 Å². The summed E-state index contributed by atoms with van der Waals surface area (Å²) in [6.45, 7) is 3.01. The van der Waals surface area contributed by atoms with Crippen molar-refractivity contribution in [3.8, 4) is 23.1 Å². The summed E-state index contributed by atoms with van der Waals surface area (Å²) in [7, 11) is 0. The monoisotopic (exact) mass is 495 g/mol. The molecule has 2 aliphatic rings. The van der Waals surface area contributed by atoms with E-state index in [1.54, 1.807) is 18.3 Å². The number of hydrogen-bond donors (Lipinski definition) is 2. The Labute approximate surface area is 206 Å². The van der Waals surface area contributed by atoms with E-state index in [9.17, 15) is 10.1 Å². The molecule has 1 aromatic carbocycles. The molecule has 3 heterocycles. The minimum absolute atomic E-state index is 0.0699. The van der Waals surface area contributed by atoms with Gasteiger partial charge in [0.2, 0.25) is 5.88 Å². The molecule has 0 saturated heterocycles. The van der Waals surface area contributed by atoms with Gasteiger partial charge in [0.05, 0.1) is 17.0 Å². The summed E-state index contributed by atoms with van der Waals surface area (Å²) in [5.41, 5.74) is 2.37. The van der Waals surface area contributed by atoms with Crippen LogP contribution in [0.5, 0.6) is 5.88 Å². The second kappa shape index (κ2) is 9.55. The fraction of sp³-hybridized carbons (Fsp3) is 0.360. The molecule has 0 spiro atoms. The van der Waals surface area contributed by atoms with Crippen molar-refractivity contribution in [2.45, 2.75) is 38.7 Å². The number of carbonyl (C=O) groups excluding carboxylic acids is 1. The summed E-state index contributed by atoms with van der Waals surface area (Å²) in [5, 5.41) is 16.1. The molecule has 1 fully saturated rings. The SMILES string of the molecule is Cc1c(-c2cc3cc(NC(=O)OC4CCCCC4C#N)ncc3c(Cl)c2F)cnc2c1NCCO2. The van der Waals surface area contributed by atoms with Crippen LogP contribution in [-0.4, -0.2) is 35.3 Å². The Hall–Kier alpha value is -3.64. The molecule has 1 saturated carbocycles. The lowest BCUT2D eigenvalue weighted by Gasteiger charge is -2.26. The first-order chi connectivity index (χ1) is 17.0. The van der Waals surface area contributed by atoms with Crippen LogP contribution >= 0.6 is 11.6 Å². The summed E-state index contributed by atoms with van der Waals surface area (Å²) in [4.78, 5) is 21.0. The van der Waals surface area contributed by atoms with Crippen molar-refractivity contribution >= 4 is 40.0 Å². The molecule has 1 amide bonds. The van der Waals surface area contributed by atoms with E-state index in [0.717, 1.165) is 24.1 Å². The van der Waals surface area contributed by atoms with E-state index in [-0.39, 0.29) is 22.3 Å². The van der Waals surface area contributed by atoms with E-state index in [4.69, 9.17) is 21.1 Å². The van der Waals surface area contributed by atoms with Crippen molar-refractivity contribution in [2.24, 2.45) is 5.92 Å². The molecule has 0 radical (unpaired) electrons. The van der Waals surface area contributed by atoms with E-state index < -0.39 is 18.0 Å². The predicted molar refractivity (Wildman–Crippen MR) is 130 cm³/mol. The predicted octanol–water partition coefficient (Wildman–Crippen LogP) is 5.83. The van der Waals surface area contributed by atoms with Crippen molar-refractivity contribution < 1.29 is 18.7 Å². The molecule has 10 heteroatoms. The summed E-state index contributed by atoms with van der Waals surface area (Å²) in [6.07, 6.45) is 5.09. The lowest BCUT2D eigenvalue weighted by Crippen LogP contribution is -2.31. The number of benzene rings is 1. The van der Waals surface area contributed by atoms with Crippen molar-refractivity contribution in [2.75, 3.05) is 23.8 Å². The summed E-state index contributed by atoms with van der Waals surface area (Å²) in [6, 6.07) is 5.48. The van der Waals surface area contributed by atoms with Gasteiger partial charge in [-0.25, -0.2) is 19.2 Å². The standard InChI is InChI=1S/C25H23ClFN5O3/c1-13-17(11-31-24-23(13)29-6-7-34-24)16-8-15-9-20(30-12-18(15)21(26)22(16)27)32-25(33)35-19-5-3-2-4-14(19)10-28/h8-9,11-12,14,19,29H,2-7H2,1H3,(H,30,32,33). The van der Waals surface area contributed by atoms with E-state index in [1.807, 2.05) is 6.92 Å². The average Bonchev–Trinajstić information content (AvgIpc) is 2.87. The molecule has 2 N–H and O–H groups in total. The zero-order valence-electron chi connectivity index (χ0n) is 19.0. The van der Waals surface area contributed by atoms with Crippen LogP contribution < -0.4 is 15.4 Å². The van der Waals surface area contributed by atoms with Gasteiger partial charge in [0, 0.05) is 35.5 Å². The van der Waals surface area contributed by atoms with Gasteiger partial charge in [-0.15, -0.1) is 0 Å². The molecule has 2 unspecified atom stereocenters. The minimum atomic E-state index is -0.682. The molecule has 5 rings (SSSR count). The van der Waals surface area contributed by atoms with Gasteiger partial charge in [0.1, 0.15) is 30.0 Å². The Morgan fingerprint density at radius 3 is 2.94 bits per heavy atom. The molecular weight excluding hydrogens is 473 g/mol. The van der Waals surface area contributed by atoms with Crippen LogP contribution in [-0.2, 0) is 4.74 Å².